The topological polar surface area (TPSA) is 116 Å². The Bertz CT molecular complexity index is 1680. The fraction of sp³-hybridized carbons (Fsp3) is 0.129. The predicted molar refractivity (Wildman–Crippen MR) is 161 cm³/mol. The number of methoxy groups -OCH3 is 1. The molecule has 0 unspecified atom stereocenters. The number of rotatable bonds is 8. The molecule has 0 aliphatic heterocycles. The van der Waals surface area contributed by atoms with Crippen LogP contribution < -0.4 is 25.8 Å². The molecule has 0 radical (unpaired) electrons. The maximum Gasteiger partial charge on any atom is 0.267 e. The number of amides is 2. The molecule has 0 saturated heterocycles. The van der Waals surface area contributed by atoms with Gasteiger partial charge in [0.2, 0.25) is 0 Å². The van der Waals surface area contributed by atoms with E-state index in [1.165, 1.54) is 11.3 Å². The van der Waals surface area contributed by atoms with Crippen LogP contribution in [0.2, 0.25) is 0 Å². The van der Waals surface area contributed by atoms with Crippen LogP contribution in [-0.4, -0.2) is 30.5 Å². The number of benzene rings is 3. The number of ether oxygens (including phenoxy) is 2. The second kappa shape index (κ2) is 11.5. The number of nitrogens with two attached hydrogens (primary N) is 1. The molecule has 8 nitrogen and oxygen atoms in total. The number of carbonyl (C=O) groups excluding carboxylic acids is 2. The normalized spacial score (nSPS) is 10.8. The summed E-state index contributed by atoms with van der Waals surface area (Å²) in [5.41, 5.74) is 10.4. The van der Waals surface area contributed by atoms with Gasteiger partial charge in [0, 0.05) is 22.3 Å². The van der Waals surface area contributed by atoms with Crippen molar-refractivity contribution in [3.05, 3.63) is 95.0 Å². The van der Waals surface area contributed by atoms with Crippen LogP contribution in [0.1, 0.15) is 32.6 Å². The van der Waals surface area contributed by atoms with Crippen LogP contribution in [0.5, 0.6) is 11.5 Å². The molecule has 2 heterocycles. The summed E-state index contributed by atoms with van der Waals surface area (Å²) in [4.78, 5) is 32.6. The first-order valence-electron chi connectivity index (χ1n) is 12.7. The van der Waals surface area contributed by atoms with Gasteiger partial charge in [0.25, 0.3) is 11.8 Å². The lowest BCUT2D eigenvalue weighted by atomic mass is 9.94. The summed E-state index contributed by atoms with van der Waals surface area (Å²) in [6.07, 6.45) is 0. The number of pyridine rings is 1. The third-order valence-corrected chi connectivity index (χ3v) is 7.42. The number of nitrogen functional groups attached to an aromatic ring is 1. The fourth-order valence-electron chi connectivity index (χ4n) is 4.46. The number of para-hydroxylation sites is 1. The van der Waals surface area contributed by atoms with Crippen molar-refractivity contribution < 1.29 is 19.1 Å². The zero-order chi connectivity index (χ0) is 28.2. The van der Waals surface area contributed by atoms with Crippen LogP contribution in [-0.2, 0) is 0 Å². The number of aryl methyl sites for hydroxylation is 1. The molecule has 0 atom stereocenters. The van der Waals surface area contributed by atoms with Crippen LogP contribution in [0.25, 0.3) is 21.3 Å². The third-order valence-electron chi connectivity index (χ3n) is 6.32. The minimum absolute atomic E-state index is 0.260. The van der Waals surface area contributed by atoms with Crippen molar-refractivity contribution >= 4 is 50.4 Å². The van der Waals surface area contributed by atoms with Crippen molar-refractivity contribution in [2.75, 3.05) is 30.1 Å². The van der Waals surface area contributed by atoms with E-state index in [0.717, 1.165) is 5.56 Å². The highest BCUT2D eigenvalue weighted by atomic mass is 32.1. The van der Waals surface area contributed by atoms with Gasteiger partial charge in [0.15, 0.2) is 0 Å². The van der Waals surface area contributed by atoms with E-state index in [2.05, 4.69) is 10.6 Å². The average molecular weight is 553 g/mol. The Morgan fingerprint density at radius 2 is 1.50 bits per heavy atom. The van der Waals surface area contributed by atoms with Gasteiger partial charge in [-0.1, -0.05) is 30.3 Å². The highest BCUT2D eigenvalue weighted by molar-refractivity contribution is 7.21. The Labute approximate surface area is 235 Å². The van der Waals surface area contributed by atoms with Gasteiger partial charge in [0.1, 0.15) is 21.2 Å². The number of anilines is 3. The molecule has 40 heavy (non-hydrogen) atoms. The van der Waals surface area contributed by atoms with E-state index < -0.39 is 0 Å². The first kappa shape index (κ1) is 26.7. The molecule has 0 aliphatic carbocycles. The molecule has 5 rings (SSSR count). The zero-order valence-electron chi connectivity index (χ0n) is 22.3. The second-order valence-corrected chi connectivity index (χ2v) is 9.93. The van der Waals surface area contributed by atoms with Gasteiger partial charge >= 0.3 is 0 Å². The minimum atomic E-state index is -0.365. The molecule has 0 fully saturated rings. The summed E-state index contributed by atoms with van der Waals surface area (Å²) in [5, 5.41) is 6.41. The number of nitrogens with zero attached hydrogens (tertiary/aromatic N) is 1. The first-order valence-corrected chi connectivity index (χ1v) is 13.5. The molecule has 9 heteroatoms. The lowest BCUT2D eigenvalue weighted by Crippen LogP contribution is -2.16. The maximum absolute atomic E-state index is 13.7. The molecule has 2 amide bonds. The van der Waals surface area contributed by atoms with Gasteiger partial charge in [-0.05, 0) is 67.9 Å². The van der Waals surface area contributed by atoms with E-state index in [-0.39, 0.29) is 17.5 Å². The molecule has 0 saturated carbocycles. The van der Waals surface area contributed by atoms with Gasteiger partial charge in [-0.2, -0.15) is 0 Å². The van der Waals surface area contributed by atoms with Gasteiger partial charge in [0.05, 0.1) is 30.7 Å². The number of hydrogen-bond acceptors (Lipinski definition) is 7. The Kier molecular flexibility index (Phi) is 7.65. The standard InChI is InChI=1S/C31H28N4O4S/c1-4-39-23-14-10-19(11-15-23)25-24(29(36)34-20-8-6-5-7-9-20)18(2)33-31-26(25)27(32)28(40-31)30(37)35-21-12-16-22(38-3)17-13-21/h5-17H,4,32H2,1-3H3,(H,34,36)(H,35,37). The van der Waals surface area contributed by atoms with Crippen molar-refractivity contribution in [3.8, 4) is 22.6 Å². The number of thiophene rings is 1. The van der Waals surface area contributed by atoms with Gasteiger partial charge in [-0.15, -0.1) is 11.3 Å². The summed E-state index contributed by atoms with van der Waals surface area (Å²) < 4.78 is 10.8. The molecule has 0 spiro atoms. The summed E-state index contributed by atoms with van der Waals surface area (Å²) in [6.45, 7) is 4.23. The Balaban J connectivity index is 1.63. The van der Waals surface area contributed by atoms with E-state index in [0.29, 0.717) is 61.4 Å². The average Bonchev–Trinajstić information content (AvgIpc) is 3.29. The number of carbonyl (C=O) groups is 2. The summed E-state index contributed by atoms with van der Waals surface area (Å²) >= 11 is 1.19. The van der Waals surface area contributed by atoms with E-state index in [1.54, 1.807) is 38.3 Å². The van der Waals surface area contributed by atoms with Crippen molar-refractivity contribution in [1.82, 2.24) is 4.98 Å². The largest absolute Gasteiger partial charge is 0.497 e. The first-order chi connectivity index (χ1) is 19.4. The van der Waals surface area contributed by atoms with Crippen molar-refractivity contribution in [3.63, 3.8) is 0 Å². The molecule has 202 valence electrons. The SMILES string of the molecule is CCOc1ccc(-c2c(C(=O)Nc3ccccc3)c(C)nc3sc(C(=O)Nc4ccc(OC)cc4)c(N)c23)cc1. The molecule has 2 aromatic heterocycles. The molecule has 5 aromatic rings. The number of hydrogen-bond donors (Lipinski definition) is 3. The maximum atomic E-state index is 13.7. The van der Waals surface area contributed by atoms with Crippen LogP contribution in [0.15, 0.2) is 78.9 Å². The number of fused-ring (bicyclic) bond motifs is 1. The van der Waals surface area contributed by atoms with Crippen molar-refractivity contribution in [2.45, 2.75) is 13.8 Å². The van der Waals surface area contributed by atoms with Crippen LogP contribution >= 0.6 is 11.3 Å². The Morgan fingerprint density at radius 3 is 2.15 bits per heavy atom. The zero-order valence-corrected chi connectivity index (χ0v) is 23.1. The van der Waals surface area contributed by atoms with Crippen LogP contribution in [0.4, 0.5) is 17.1 Å². The Morgan fingerprint density at radius 1 is 0.875 bits per heavy atom. The fourth-order valence-corrected chi connectivity index (χ4v) is 5.51. The van der Waals surface area contributed by atoms with Gasteiger partial charge < -0.3 is 25.8 Å². The third kappa shape index (κ3) is 5.32. The second-order valence-electron chi connectivity index (χ2n) is 8.93. The van der Waals surface area contributed by atoms with Crippen LogP contribution in [0.3, 0.4) is 0 Å². The lowest BCUT2D eigenvalue weighted by Gasteiger charge is -2.15. The highest BCUT2D eigenvalue weighted by Gasteiger charge is 2.27. The molecule has 3 aromatic carbocycles. The van der Waals surface area contributed by atoms with E-state index in [9.17, 15) is 9.59 Å². The van der Waals surface area contributed by atoms with Gasteiger partial charge in [-0.25, -0.2) is 4.98 Å². The van der Waals surface area contributed by atoms with E-state index in [1.807, 2.05) is 61.5 Å². The lowest BCUT2D eigenvalue weighted by molar-refractivity contribution is 0.102. The Hall–Kier alpha value is -4.89. The molecule has 4 N–H and O–H groups in total. The number of nitrogens with one attached hydrogen (secondary N) is 2. The molecular weight excluding hydrogens is 524 g/mol. The summed E-state index contributed by atoms with van der Waals surface area (Å²) in [7, 11) is 1.58. The predicted octanol–water partition coefficient (Wildman–Crippen LogP) is 6.77. The monoisotopic (exact) mass is 552 g/mol. The van der Waals surface area contributed by atoms with E-state index in [4.69, 9.17) is 20.2 Å². The minimum Gasteiger partial charge on any atom is -0.497 e. The highest BCUT2D eigenvalue weighted by Crippen LogP contribution is 2.43. The quantitative estimate of drug-likeness (QED) is 0.196. The van der Waals surface area contributed by atoms with Gasteiger partial charge in [-0.3, -0.25) is 9.59 Å². The van der Waals surface area contributed by atoms with Crippen LogP contribution in [0, 0.1) is 6.92 Å². The summed E-state index contributed by atoms with van der Waals surface area (Å²) in [5.74, 6) is 0.704. The smallest absolute Gasteiger partial charge is 0.267 e. The molecule has 0 bridgehead atoms. The summed E-state index contributed by atoms with van der Waals surface area (Å²) in [6, 6.07) is 23.7. The molecular formula is C31H28N4O4S. The van der Waals surface area contributed by atoms with E-state index >= 15 is 0 Å². The van der Waals surface area contributed by atoms with Crippen molar-refractivity contribution in [2.24, 2.45) is 0 Å². The number of aromatic nitrogens is 1. The molecule has 0 aliphatic rings. The van der Waals surface area contributed by atoms with Crippen molar-refractivity contribution in [1.29, 1.82) is 0 Å².